The van der Waals surface area contributed by atoms with Crippen molar-refractivity contribution in [3.05, 3.63) is 66.5 Å². The molecule has 2 N–H and O–H groups in total. The van der Waals surface area contributed by atoms with Crippen LogP contribution in [0.5, 0.6) is 23.3 Å². The number of methoxy groups -OCH3 is 2. The third kappa shape index (κ3) is 4.75. The topological polar surface area (TPSA) is 125 Å². The second kappa shape index (κ2) is 9.88. The van der Waals surface area contributed by atoms with Crippen molar-refractivity contribution in [3.63, 3.8) is 0 Å². The molecule has 1 aliphatic rings. The van der Waals surface area contributed by atoms with Crippen LogP contribution < -0.4 is 24.8 Å². The zero-order valence-electron chi connectivity index (χ0n) is 20.2. The van der Waals surface area contributed by atoms with Crippen LogP contribution in [0.4, 0.5) is 20.2 Å². The highest BCUT2D eigenvalue weighted by Gasteiger charge is 2.56. The summed E-state index contributed by atoms with van der Waals surface area (Å²) in [4.78, 5) is 38.2. The van der Waals surface area contributed by atoms with Gasteiger partial charge in [0.2, 0.25) is 17.7 Å². The third-order valence-electron chi connectivity index (χ3n) is 6.05. The molecule has 2 aromatic heterocycles. The first-order chi connectivity index (χ1) is 18.3. The Morgan fingerprint density at radius 1 is 0.895 bits per heavy atom. The Bertz CT molecular complexity index is 1540. The molecule has 0 saturated heterocycles. The summed E-state index contributed by atoms with van der Waals surface area (Å²) in [7, 11) is 2.90. The van der Waals surface area contributed by atoms with E-state index in [0.29, 0.717) is 29.8 Å². The van der Waals surface area contributed by atoms with E-state index in [0.717, 1.165) is 6.07 Å². The van der Waals surface area contributed by atoms with Gasteiger partial charge in [-0.25, -0.2) is 18.7 Å². The van der Waals surface area contributed by atoms with Gasteiger partial charge < -0.3 is 24.8 Å². The van der Waals surface area contributed by atoms with Crippen LogP contribution in [0.15, 0.2) is 54.9 Å². The molecule has 5 rings (SSSR count). The fourth-order valence-electron chi connectivity index (χ4n) is 3.78. The summed E-state index contributed by atoms with van der Waals surface area (Å²) in [5.41, 5.74) is -0.413. The Balaban J connectivity index is 1.31. The average molecular weight is 521 g/mol. The molecule has 1 aliphatic carbocycles. The van der Waals surface area contributed by atoms with Crippen LogP contribution in [0, 0.1) is 17.0 Å². The van der Waals surface area contributed by atoms with Gasteiger partial charge in [-0.15, -0.1) is 0 Å². The maximum absolute atomic E-state index is 14.9. The number of carbonyl (C=O) groups is 2. The number of anilines is 2. The molecule has 10 nitrogen and oxygen atoms in total. The summed E-state index contributed by atoms with van der Waals surface area (Å²) >= 11 is 0. The zero-order valence-corrected chi connectivity index (χ0v) is 20.2. The van der Waals surface area contributed by atoms with Crippen LogP contribution in [0.25, 0.3) is 11.0 Å². The van der Waals surface area contributed by atoms with Crippen molar-refractivity contribution in [3.8, 4) is 23.3 Å². The minimum Gasteiger partial charge on any atom is -0.491 e. The Morgan fingerprint density at radius 2 is 1.63 bits per heavy atom. The van der Waals surface area contributed by atoms with E-state index in [-0.39, 0.29) is 28.7 Å². The highest BCUT2D eigenvalue weighted by molar-refractivity contribution is 6.16. The van der Waals surface area contributed by atoms with Gasteiger partial charge >= 0.3 is 0 Å². The highest BCUT2D eigenvalue weighted by Crippen LogP contribution is 2.47. The molecule has 2 aromatic carbocycles. The summed E-state index contributed by atoms with van der Waals surface area (Å²) < 4.78 is 44.2. The van der Waals surface area contributed by atoms with Gasteiger partial charge in [0, 0.05) is 17.8 Å². The molecule has 0 unspecified atom stereocenters. The number of carbonyl (C=O) groups excluding carboxylic acids is 2. The zero-order chi connectivity index (χ0) is 26.9. The number of hydrogen-bond acceptors (Lipinski definition) is 8. The monoisotopic (exact) mass is 521 g/mol. The molecule has 12 heteroatoms. The summed E-state index contributed by atoms with van der Waals surface area (Å²) in [6.45, 7) is 0. The SMILES string of the molecule is COc1cc2ncnc(Oc3ccc(NC(=O)C4(C(=O)Nc5ccc(F)cc5)CC4)c(F)c3)c2nc1OC. The first-order valence-corrected chi connectivity index (χ1v) is 11.4. The van der Waals surface area contributed by atoms with Crippen LogP contribution in [0.2, 0.25) is 0 Å². The van der Waals surface area contributed by atoms with E-state index in [1.165, 1.54) is 56.9 Å². The van der Waals surface area contributed by atoms with Crippen molar-refractivity contribution in [1.29, 1.82) is 0 Å². The number of nitrogens with one attached hydrogen (secondary N) is 2. The number of fused-ring (bicyclic) bond motifs is 1. The summed E-state index contributed by atoms with van der Waals surface area (Å²) in [6.07, 6.45) is 1.87. The number of rotatable bonds is 8. The lowest BCUT2D eigenvalue weighted by atomic mass is 10.0. The molecule has 2 heterocycles. The largest absolute Gasteiger partial charge is 0.491 e. The van der Waals surface area contributed by atoms with Gasteiger partial charge in [0.25, 0.3) is 5.88 Å². The normalized spacial score (nSPS) is 13.5. The Kier molecular flexibility index (Phi) is 6.45. The molecule has 0 atom stereocenters. The molecule has 1 fully saturated rings. The van der Waals surface area contributed by atoms with Gasteiger partial charge in [-0.3, -0.25) is 9.59 Å². The lowest BCUT2D eigenvalue weighted by Crippen LogP contribution is -2.35. The lowest BCUT2D eigenvalue weighted by Gasteiger charge is -2.16. The fourth-order valence-corrected chi connectivity index (χ4v) is 3.78. The van der Waals surface area contributed by atoms with Gasteiger partial charge in [0.05, 0.1) is 19.9 Å². The number of aromatic nitrogens is 3. The second-order valence-electron chi connectivity index (χ2n) is 8.49. The average Bonchev–Trinajstić information content (AvgIpc) is 3.73. The van der Waals surface area contributed by atoms with Crippen LogP contribution in [-0.2, 0) is 9.59 Å². The van der Waals surface area contributed by atoms with E-state index in [1.807, 2.05) is 0 Å². The van der Waals surface area contributed by atoms with E-state index in [1.54, 1.807) is 6.07 Å². The van der Waals surface area contributed by atoms with Crippen LogP contribution in [0.3, 0.4) is 0 Å². The molecular weight excluding hydrogens is 500 g/mol. The summed E-state index contributed by atoms with van der Waals surface area (Å²) in [5.74, 6) is -1.70. The molecule has 2 amide bonds. The van der Waals surface area contributed by atoms with Gasteiger partial charge in [0.15, 0.2) is 11.3 Å². The Morgan fingerprint density at radius 3 is 2.29 bits per heavy atom. The number of halogens is 2. The molecular formula is C26H21F2N5O5. The molecule has 0 spiro atoms. The standard InChI is InChI=1S/C26H21F2N5O5/c1-36-20-12-19-21(33-22(20)37-2)23(30-13-29-19)38-16-7-8-18(17(28)11-16)32-25(35)26(9-10-26)24(34)31-15-5-3-14(27)4-6-15/h3-8,11-13H,9-10H2,1-2H3,(H,31,34)(H,32,35). The van der Waals surface area contributed by atoms with Crippen molar-refractivity contribution < 1.29 is 32.6 Å². The first kappa shape index (κ1) is 24.8. The second-order valence-corrected chi connectivity index (χ2v) is 8.49. The minimum absolute atomic E-state index is 0.0570. The van der Waals surface area contributed by atoms with Crippen LogP contribution in [-0.4, -0.2) is 41.0 Å². The maximum Gasteiger partial charge on any atom is 0.257 e. The van der Waals surface area contributed by atoms with Crippen molar-refractivity contribution in [2.45, 2.75) is 12.8 Å². The van der Waals surface area contributed by atoms with E-state index < -0.39 is 28.9 Å². The molecule has 0 radical (unpaired) electrons. The quantitative estimate of drug-likeness (QED) is 0.326. The maximum atomic E-state index is 14.9. The summed E-state index contributed by atoms with van der Waals surface area (Å²) in [5, 5.41) is 5.08. The lowest BCUT2D eigenvalue weighted by molar-refractivity contribution is -0.131. The molecule has 4 aromatic rings. The summed E-state index contributed by atoms with van der Waals surface area (Å²) in [6, 6.07) is 10.6. The Hall–Kier alpha value is -4.87. The van der Waals surface area contributed by atoms with E-state index in [9.17, 15) is 18.4 Å². The van der Waals surface area contributed by atoms with Crippen molar-refractivity contribution in [1.82, 2.24) is 15.0 Å². The number of ether oxygens (including phenoxy) is 3. The number of nitrogens with zero attached hydrogens (tertiary/aromatic N) is 3. The molecule has 0 aliphatic heterocycles. The van der Waals surface area contributed by atoms with E-state index >= 15 is 0 Å². The highest BCUT2D eigenvalue weighted by atomic mass is 19.1. The number of amides is 2. The smallest absolute Gasteiger partial charge is 0.257 e. The van der Waals surface area contributed by atoms with Crippen LogP contribution in [0.1, 0.15) is 12.8 Å². The van der Waals surface area contributed by atoms with Gasteiger partial charge in [-0.2, -0.15) is 4.98 Å². The molecule has 1 saturated carbocycles. The molecule has 194 valence electrons. The molecule has 38 heavy (non-hydrogen) atoms. The number of hydrogen-bond donors (Lipinski definition) is 2. The predicted octanol–water partition coefficient (Wildman–Crippen LogP) is 4.47. The Labute approximate surface area is 215 Å². The van der Waals surface area contributed by atoms with Crippen molar-refractivity contribution in [2.24, 2.45) is 5.41 Å². The first-order valence-electron chi connectivity index (χ1n) is 11.4. The number of benzene rings is 2. The third-order valence-corrected chi connectivity index (χ3v) is 6.05. The van der Waals surface area contributed by atoms with Gasteiger partial charge in [0.1, 0.15) is 34.6 Å². The van der Waals surface area contributed by atoms with Crippen molar-refractivity contribution in [2.75, 3.05) is 24.9 Å². The van der Waals surface area contributed by atoms with E-state index in [2.05, 4.69) is 25.6 Å². The van der Waals surface area contributed by atoms with Gasteiger partial charge in [-0.05, 0) is 49.2 Å². The van der Waals surface area contributed by atoms with E-state index in [4.69, 9.17) is 14.2 Å². The van der Waals surface area contributed by atoms with Crippen molar-refractivity contribution >= 4 is 34.2 Å². The minimum atomic E-state index is -1.33. The van der Waals surface area contributed by atoms with Crippen LogP contribution >= 0.6 is 0 Å². The predicted molar refractivity (Wildman–Crippen MR) is 132 cm³/mol. The van der Waals surface area contributed by atoms with Gasteiger partial charge in [-0.1, -0.05) is 0 Å². The fraction of sp³-hybridized carbons (Fsp3) is 0.192. The molecule has 0 bridgehead atoms. The number of pyridine rings is 1.